The molecule has 16 heavy (non-hydrogen) atoms. The first-order valence-corrected chi connectivity index (χ1v) is 6.30. The molecule has 0 amide bonds. The largest absolute Gasteiger partial charge is 0.383 e. The van der Waals surface area contributed by atoms with Crippen LogP contribution in [0.1, 0.15) is 13.3 Å². The van der Waals surface area contributed by atoms with Crippen molar-refractivity contribution in [2.24, 2.45) is 0 Å². The molecule has 2 unspecified atom stereocenters. The van der Waals surface area contributed by atoms with Gasteiger partial charge in [0.05, 0.1) is 6.61 Å². The van der Waals surface area contributed by atoms with E-state index in [0.717, 1.165) is 19.7 Å². The third-order valence-electron chi connectivity index (χ3n) is 3.39. The van der Waals surface area contributed by atoms with Gasteiger partial charge in [-0.1, -0.05) is 6.92 Å². The Hall–Kier alpha value is -0.160. The van der Waals surface area contributed by atoms with E-state index in [1.165, 1.54) is 19.5 Å². The van der Waals surface area contributed by atoms with Crippen LogP contribution < -0.4 is 5.32 Å². The van der Waals surface area contributed by atoms with E-state index in [-0.39, 0.29) is 0 Å². The number of likely N-dealkylation sites (N-methyl/N-ethyl adjacent to an activating group) is 3. The van der Waals surface area contributed by atoms with Crippen LogP contribution in [0, 0.1) is 0 Å². The van der Waals surface area contributed by atoms with Gasteiger partial charge in [0.25, 0.3) is 0 Å². The maximum absolute atomic E-state index is 5.33. The molecule has 1 aliphatic rings. The Kier molecular flexibility index (Phi) is 6.28. The molecule has 96 valence electrons. The Balaban J connectivity index is 2.62. The predicted octanol–water partition coefficient (Wildman–Crippen LogP) is 0.247. The Morgan fingerprint density at radius 3 is 2.75 bits per heavy atom. The second-order valence-electron chi connectivity index (χ2n) is 4.78. The number of hydrogen-bond donors (Lipinski definition) is 1. The lowest BCUT2D eigenvalue weighted by Crippen LogP contribution is -2.54. The highest BCUT2D eigenvalue weighted by Gasteiger charge is 2.27. The van der Waals surface area contributed by atoms with Gasteiger partial charge in [0, 0.05) is 25.7 Å². The van der Waals surface area contributed by atoms with E-state index in [0.29, 0.717) is 12.1 Å². The molecule has 1 N–H and O–H groups in total. The Labute approximate surface area is 99.9 Å². The standard InChI is InChI=1S/C12H27N3O/c1-5-13-11(10-16-4)12-9-14(2)7-6-8-15(12)3/h11-13H,5-10H2,1-4H3. The fourth-order valence-electron chi connectivity index (χ4n) is 2.49. The topological polar surface area (TPSA) is 27.7 Å². The molecule has 0 radical (unpaired) electrons. The van der Waals surface area contributed by atoms with E-state index in [1.54, 1.807) is 7.11 Å². The van der Waals surface area contributed by atoms with Crippen molar-refractivity contribution in [3.63, 3.8) is 0 Å². The van der Waals surface area contributed by atoms with Crippen LogP contribution in [0.3, 0.4) is 0 Å². The van der Waals surface area contributed by atoms with Crippen molar-refractivity contribution in [3.8, 4) is 0 Å². The molecule has 1 fully saturated rings. The Morgan fingerprint density at radius 2 is 2.12 bits per heavy atom. The molecule has 1 saturated heterocycles. The van der Waals surface area contributed by atoms with Crippen LogP contribution in [0.15, 0.2) is 0 Å². The Bertz CT molecular complexity index is 183. The molecular formula is C12H27N3O. The van der Waals surface area contributed by atoms with E-state index in [9.17, 15) is 0 Å². The fraction of sp³-hybridized carbons (Fsp3) is 1.00. The molecule has 4 nitrogen and oxygen atoms in total. The van der Waals surface area contributed by atoms with Gasteiger partial charge >= 0.3 is 0 Å². The summed E-state index contributed by atoms with van der Waals surface area (Å²) in [7, 11) is 6.22. The summed E-state index contributed by atoms with van der Waals surface area (Å²) in [5.74, 6) is 0. The summed E-state index contributed by atoms with van der Waals surface area (Å²) in [4.78, 5) is 4.89. The van der Waals surface area contributed by atoms with Crippen LogP contribution in [0.25, 0.3) is 0 Å². The lowest BCUT2D eigenvalue weighted by molar-refractivity contribution is 0.102. The van der Waals surface area contributed by atoms with Crippen LogP contribution >= 0.6 is 0 Å². The average Bonchev–Trinajstić information content (AvgIpc) is 2.40. The van der Waals surface area contributed by atoms with Gasteiger partial charge in [-0.05, 0) is 40.2 Å². The number of ether oxygens (including phenoxy) is 1. The van der Waals surface area contributed by atoms with Crippen LogP contribution in [-0.4, -0.2) is 75.9 Å². The number of nitrogens with one attached hydrogen (secondary N) is 1. The summed E-state index contributed by atoms with van der Waals surface area (Å²) >= 11 is 0. The van der Waals surface area contributed by atoms with Gasteiger partial charge in [0.2, 0.25) is 0 Å². The van der Waals surface area contributed by atoms with E-state index >= 15 is 0 Å². The van der Waals surface area contributed by atoms with E-state index in [1.807, 2.05) is 0 Å². The molecule has 0 aromatic rings. The Morgan fingerprint density at radius 1 is 1.38 bits per heavy atom. The lowest BCUT2D eigenvalue weighted by atomic mass is 10.1. The summed E-state index contributed by atoms with van der Waals surface area (Å²) in [6.45, 7) is 7.45. The number of nitrogens with zero attached hydrogens (tertiary/aromatic N) is 2. The van der Waals surface area contributed by atoms with E-state index in [4.69, 9.17) is 4.74 Å². The second-order valence-corrected chi connectivity index (χ2v) is 4.78. The van der Waals surface area contributed by atoms with Crippen molar-refractivity contribution in [2.45, 2.75) is 25.4 Å². The van der Waals surface area contributed by atoms with Gasteiger partial charge in [-0.3, -0.25) is 0 Å². The highest BCUT2D eigenvalue weighted by atomic mass is 16.5. The van der Waals surface area contributed by atoms with Crippen LogP contribution in [-0.2, 0) is 4.74 Å². The molecule has 1 heterocycles. The third kappa shape index (κ3) is 4.01. The van der Waals surface area contributed by atoms with Crippen molar-refractivity contribution in [2.75, 3.05) is 54.0 Å². The number of methoxy groups -OCH3 is 1. The third-order valence-corrected chi connectivity index (χ3v) is 3.39. The van der Waals surface area contributed by atoms with Crippen molar-refractivity contribution in [3.05, 3.63) is 0 Å². The maximum atomic E-state index is 5.33. The van der Waals surface area contributed by atoms with Gasteiger partial charge in [0.1, 0.15) is 0 Å². The minimum absolute atomic E-state index is 0.431. The first-order chi connectivity index (χ1) is 7.69. The predicted molar refractivity (Wildman–Crippen MR) is 67.9 cm³/mol. The van der Waals surface area contributed by atoms with Gasteiger partial charge in [-0.15, -0.1) is 0 Å². The van der Waals surface area contributed by atoms with Gasteiger partial charge in [-0.2, -0.15) is 0 Å². The van der Waals surface area contributed by atoms with Gasteiger partial charge < -0.3 is 19.9 Å². The van der Waals surface area contributed by atoms with Crippen molar-refractivity contribution in [1.82, 2.24) is 15.1 Å². The minimum atomic E-state index is 0.431. The van der Waals surface area contributed by atoms with Crippen LogP contribution in [0.5, 0.6) is 0 Å². The second kappa shape index (κ2) is 7.22. The average molecular weight is 229 g/mol. The van der Waals surface area contributed by atoms with Gasteiger partial charge in [0.15, 0.2) is 0 Å². The van der Waals surface area contributed by atoms with Crippen molar-refractivity contribution in [1.29, 1.82) is 0 Å². The molecule has 2 atom stereocenters. The quantitative estimate of drug-likeness (QED) is 0.731. The zero-order valence-corrected chi connectivity index (χ0v) is 11.2. The van der Waals surface area contributed by atoms with Gasteiger partial charge in [-0.25, -0.2) is 0 Å². The summed E-state index contributed by atoms with van der Waals surface area (Å²) < 4.78 is 5.33. The van der Waals surface area contributed by atoms with Crippen LogP contribution in [0.2, 0.25) is 0 Å². The molecule has 0 spiro atoms. The van der Waals surface area contributed by atoms with Crippen LogP contribution in [0.4, 0.5) is 0 Å². The molecular weight excluding hydrogens is 202 g/mol. The first kappa shape index (κ1) is 13.9. The van der Waals surface area contributed by atoms with Crippen molar-refractivity contribution < 1.29 is 4.74 Å². The summed E-state index contributed by atoms with van der Waals surface area (Å²) in [6, 6.07) is 0.980. The first-order valence-electron chi connectivity index (χ1n) is 6.30. The number of hydrogen-bond acceptors (Lipinski definition) is 4. The zero-order chi connectivity index (χ0) is 12.0. The highest BCUT2D eigenvalue weighted by Crippen LogP contribution is 2.10. The zero-order valence-electron chi connectivity index (χ0n) is 11.2. The minimum Gasteiger partial charge on any atom is -0.383 e. The molecule has 1 rings (SSSR count). The summed E-state index contributed by atoms with van der Waals surface area (Å²) in [5.41, 5.74) is 0. The molecule has 1 aliphatic heterocycles. The van der Waals surface area contributed by atoms with E-state index < -0.39 is 0 Å². The normalized spacial score (nSPS) is 26.6. The molecule has 4 heteroatoms. The number of rotatable bonds is 5. The summed E-state index contributed by atoms with van der Waals surface area (Å²) in [6.07, 6.45) is 1.26. The monoisotopic (exact) mass is 229 g/mol. The van der Waals surface area contributed by atoms with E-state index in [2.05, 4.69) is 36.1 Å². The maximum Gasteiger partial charge on any atom is 0.0631 e. The van der Waals surface area contributed by atoms with Crippen molar-refractivity contribution >= 4 is 0 Å². The molecule has 0 aromatic carbocycles. The molecule has 0 bridgehead atoms. The molecule has 0 aliphatic carbocycles. The SMILES string of the molecule is CCNC(COC)C1CN(C)CCCN1C. The molecule has 0 saturated carbocycles. The smallest absolute Gasteiger partial charge is 0.0631 e. The highest BCUT2D eigenvalue weighted by molar-refractivity contribution is 4.87. The lowest BCUT2D eigenvalue weighted by Gasteiger charge is -2.34. The summed E-state index contributed by atoms with van der Waals surface area (Å²) in [5, 5.41) is 3.54. The molecule has 0 aromatic heterocycles. The fourth-order valence-corrected chi connectivity index (χ4v) is 2.49.